The highest BCUT2D eigenvalue weighted by atomic mass is 16.5. The molecule has 0 fully saturated rings. The third kappa shape index (κ3) is 5.14. The number of rotatable bonds is 7. The van der Waals surface area contributed by atoms with E-state index in [0.717, 1.165) is 11.1 Å². The molecule has 4 rings (SSSR count). The summed E-state index contributed by atoms with van der Waals surface area (Å²) >= 11 is 0. The first-order valence-corrected chi connectivity index (χ1v) is 11.1. The normalized spacial score (nSPS) is 11.5. The zero-order valence-corrected chi connectivity index (χ0v) is 19.6. The fourth-order valence-corrected chi connectivity index (χ4v) is 3.56. The van der Waals surface area contributed by atoms with Crippen molar-refractivity contribution < 1.29 is 13.9 Å². The molecule has 3 heterocycles. The lowest BCUT2D eigenvalue weighted by Gasteiger charge is -2.16. The molecule has 4 aromatic rings. The molecule has 0 spiro atoms. The monoisotopic (exact) mass is 468 g/mol. The Bertz CT molecular complexity index is 1510. The predicted molar refractivity (Wildman–Crippen MR) is 131 cm³/mol. The minimum absolute atomic E-state index is 0.00499. The van der Waals surface area contributed by atoms with Gasteiger partial charge in [-0.25, -0.2) is 0 Å². The Kier molecular flexibility index (Phi) is 6.78. The van der Waals surface area contributed by atoms with Gasteiger partial charge in [0.1, 0.15) is 34.4 Å². The lowest BCUT2D eigenvalue weighted by Crippen LogP contribution is -2.24. The molecule has 8 heteroatoms. The Morgan fingerprint density at radius 2 is 2.09 bits per heavy atom. The summed E-state index contributed by atoms with van der Waals surface area (Å²) in [4.78, 5) is 30.6. The highest BCUT2D eigenvalue weighted by Crippen LogP contribution is 2.32. The van der Waals surface area contributed by atoms with E-state index >= 15 is 0 Å². The van der Waals surface area contributed by atoms with E-state index in [2.05, 4.69) is 10.3 Å². The number of hydrogen-bond acceptors (Lipinski definition) is 6. The SMILES string of the molecule is Cc1ccc(C(C)C)c(Oc2nc3ccccn3c(=O)c2/C=C(\C#N)C(=O)NCc2ccco2)c1. The van der Waals surface area contributed by atoms with E-state index in [1.54, 1.807) is 36.5 Å². The van der Waals surface area contributed by atoms with Crippen LogP contribution in [0.1, 0.15) is 42.2 Å². The van der Waals surface area contributed by atoms with Gasteiger partial charge in [0.25, 0.3) is 11.5 Å². The van der Waals surface area contributed by atoms with Crippen LogP contribution in [-0.2, 0) is 11.3 Å². The highest BCUT2D eigenvalue weighted by molar-refractivity contribution is 6.01. The van der Waals surface area contributed by atoms with Crippen molar-refractivity contribution in [3.63, 3.8) is 0 Å². The second kappa shape index (κ2) is 10.1. The molecule has 35 heavy (non-hydrogen) atoms. The second-order valence-corrected chi connectivity index (χ2v) is 8.29. The van der Waals surface area contributed by atoms with Crippen LogP contribution in [0.3, 0.4) is 0 Å². The minimum Gasteiger partial charge on any atom is -0.467 e. The van der Waals surface area contributed by atoms with E-state index in [1.165, 1.54) is 16.7 Å². The third-order valence-electron chi connectivity index (χ3n) is 5.39. The van der Waals surface area contributed by atoms with Crippen molar-refractivity contribution in [1.29, 1.82) is 5.26 Å². The van der Waals surface area contributed by atoms with Gasteiger partial charge in [-0.2, -0.15) is 10.2 Å². The maximum absolute atomic E-state index is 13.4. The van der Waals surface area contributed by atoms with Gasteiger partial charge >= 0.3 is 0 Å². The van der Waals surface area contributed by atoms with Gasteiger partial charge in [-0.15, -0.1) is 0 Å². The summed E-state index contributed by atoms with van der Waals surface area (Å²) in [5, 5.41) is 12.3. The number of amides is 1. The molecule has 176 valence electrons. The fourth-order valence-electron chi connectivity index (χ4n) is 3.56. The van der Waals surface area contributed by atoms with E-state index in [1.807, 2.05) is 45.0 Å². The topological polar surface area (TPSA) is 110 Å². The molecule has 1 amide bonds. The molecule has 3 aromatic heterocycles. The highest BCUT2D eigenvalue weighted by Gasteiger charge is 2.19. The van der Waals surface area contributed by atoms with Gasteiger partial charge in [-0.1, -0.05) is 32.0 Å². The maximum Gasteiger partial charge on any atom is 0.269 e. The van der Waals surface area contributed by atoms with Crippen LogP contribution >= 0.6 is 0 Å². The Morgan fingerprint density at radius 1 is 1.26 bits per heavy atom. The molecule has 0 atom stereocenters. The quantitative estimate of drug-likeness (QED) is 0.310. The first-order valence-electron chi connectivity index (χ1n) is 11.1. The van der Waals surface area contributed by atoms with Crippen molar-refractivity contribution in [1.82, 2.24) is 14.7 Å². The van der Waals surface area contributed by atoms with Crippen LogP contribution in [0.15, 0.2) is 75.8 Å². The lowest BCUT2D eigenvalue weighted by molar-refractivity contribution is -0.117. The Morgan fingerprint density at radius 3 is 2.80 bits per heavy atom. The second-order valence-electron chi connectivity index (χ2n) is 8.29. The third-order valence-corrected chi connectivity index (χ3v) is 5.39. The van der Waals surface area contributed by atoms with Crippen LogP contribution in [-0.4, -0.2) is 15.3 Å². The number of nitrogens with zero attached hydrogens (tertiary/aromatic N) is 3. The predicted octanol–water partition coefficient (Wildman–Crippen LogP) is 4.74. The number of aromatic nitrogens is 2. The lowest BCUT2D eigenvalue weighted by atomic mass is 10.0. The molecule has 0 aliphatic heterocycles. The summed E-state index contributed by atoms with van der Waals surface area (Å²) in [5.74, 6) is 0.620. The number of furan rings is 1. The van der Waals surface area contributed by atoms with Gasteiger partial charge in [-0.05, 0) is 60.4 Å². The molecule has 1 aromatic carbocycles. The average Bonchev–Trinajstić information content (AvgIpc) is 3.36. The number of benzene rings is 1. The maximum atomic E-state index is 13.4. The number of nitrogens with one attached hydrogen (secondary N) is 1. The number of hydrogen-bond donors (Lipinski definition) is 1. The molecular weight excluding hydrogens is 444 g/mol. The summed E-state index contributed by atoms with van der Waals surface area (Å²) in [6, 6.07) is 16.3. The van der Waals surface area contributed by atoms with Crippen molar-refractivity contribution >= 4 is 17.6 Å². The molecule has 0 aliphatic rings. The zero-order chi connectivity index (χ0) is 24.9. The van der Waals surface area contributed by atoms with Gasteiger partial charge in [0, 0.05) is 6.20 Å². The molecule has 0 aliphatic carbocycles. The van der Waals surface area contributed by atoms with Crippen LogP contribution in [0, 0.1) is 18.3 Å². The van der Waals surface area contributed by atoms with Crippen molar-refractivity contribution in [3.8, 4) is 17.7 Å². The van der Waals surface area contributed by atoms with Crippen LogP contribution in [0.2, 0.25) is 0 Å². The van der Waals surface area contributed by atoms with Crippen LogP contribution in [0.4, 0.5) is 0 Å². The number of nitriles is 1. The van der Waals surface area contributed by atoms with Crippen LogP contribution in [0.5, 0.6) is 11.6 Å². The Balaban J connectivity index is 1.81. The fraction of sp³-hybridized carbons (Fsp3) is 0.185. The molecule has 1 N–H and O–H groups in total. The standard InChI is InChI=1S/C27H24N4O4/c1-17(2)21-10-9-18(3)13-23(21)35-26-22(27(33)31-11-5-4-8-24(31)30-26)14-19(15-28)25(32)29-16-20-7-6-12-34-20/h4-14,17H,16H2,1-3H3,(H,29,32)/b19-14+. The molecule has 0 unspecified atom stereocenters. The first-order chi connectivity index (χ1) is 16.9. The smallest absolute Gasteiger partial charge is 0.269 e. The summed E-state index contributed by atoms with van der Waals surface area (Å²) < 4.78 is 12.7. The van der Waals surface area contributed by atoms with E-state index < -0.39 is 11.5 Å². The summed E-state index contributed by atoms with van der Waals surface area (Å²) in [7, 11) is 0. The van der Waals surface area contributed by atoms with Crippen LogP contribution < -0.4 is 15.6 Å². The van der Waals surface area contributed by atoms with Gasteiger partial charge in [0.2, 0.25) is 5.88 Å². The van der Waals surface area contributed by atoms with Gasteiger partial charge < -0.3 is 14.5 Å². The Hall–Kier alpha value is -4.64. The largest absolute Gasteiger partial charge is 0.467 e. The minimum atomic E-state index is -0.647. The van der Waals surface area contributed by atoms with Crippen LogP contribution in [0.25, 0.3) is 11.7 Å². The van der Waals surface area contributed by atoms with Gasteiger partial charge in [0.15, 0.2) is 0 Å². The van der Waals surface area contributed by atoms with E-state index in [4.69, 9.17) is 9.15 Å². The van der Waals surface area contributed by atoms with Gasteiger partial charge in [0.05, 0.1) is 12.8 Å². The van der Waals surface area contributed by atoms with E-state index in [-0.39, 0.29) is 29.5 Å². The first kappa shape index (κ1) is 23.5. The molecule has 0 saturated carbocycles. The number of aryl methyl sites for hydroxylation is 1. The number of fused-ring (bicyclic) bond motifs is 1. The summed E-state index contributed by atoms with van der Waals surface area (Å²) in [6.45, 7) is 6.12. The van der Waals surface area contributed by atoms with E-state index in [0.29, 0.717) is 17.2 Å². The van der Waals surface area contributed by atoms with Crippen molar-refractivity contribution in [2.45, 2.75) is 33.2 Å². The summed E-state index contributed by atoms with van der Waals surface area (Å²) in [6.07, 6.45) is 4.28. The average molecular weight is 469 g/mol. The molecule has 0 bridgehead atoms. The van der Waals surface area contributed by atoms with E-state index in [9.17, 15) is 14.9 Å². The number of carbonyl (C=O) groups excluding carboxylic acids is 1. The molecule has 0 radical (unpaired) electrons. The number of ether oxygens (including phenoxy) is 1. The zero-order valence-electron chi connectivity index (χ0n) is 19.6. The summed E-state index contributed by atoms with van der Waals surface area (Å²) in [5.41, 5.74) is 1.57. The Labute approximate surface area is 202 Å². The van der Waals surface area contributed by atoms with Crippen molar-refractivity contribution in [3.05, 3.63) is 99.4 Å². The van der Waals surface area contributed by atoms with Crippen molar-refractivity contribution in [2.75, 3.05) is 0 Å². The molecular formula is C27H24N4O4. The molecule has 0 saturated heterocycles. The van der Waals surface area contributed by atoms with Gasteiger partial charge in [-0.3, -0.25) is 14.0 Å². The molecule has 8 nitrogen and oxygen atoms in total. The number of pyridine rings is 1. The number of carbonyl (C=O) groups is 1. The van der Waals surface area contributed by atoms with Crippen molar-refractivity contribution in [2.24, 2.45) is 0 Å².